The first-order valence-corrected chi connectivity index (χ1v) is 3.44. The van der Waals surface area contributed by atoms with E-state index in [1.54, 1.807) is 0 Å². The van der Waals surface area contributed by atoms with Crippen LogP contribution in [0.3, 0.4) is 0 Å². The second kappa shape index (κ2) is 4.15. The molecule has 0 N–H and O–H groups in total. The van der Waals surface area contributed by atoms with E-state index in [2.05, 4.69) is 39.0 Å². The molecule has 0 aromatic heterocycles. The van der Waals surface area contributed by atoms with E-state index in [-0.39, 0.29) is 21.7 Å². The maximum Gasteiger partial charge on any atom is 0.0197 e. The van der Waals surface area contributed by atoms with Crippen molar-refractivity contribution in [1.82, 2.24) is 0 Å². The molecule has 10 heavy (non-hydrogen) atoms. The Bertz CT molecular complexity index is 154. The summed E-state index contributed by atoms with van der Waals surface area (Å²) in [5, 5.41) is 0. The van der Waals surface area contributed by atoms with Gasteiger partial charge in [-0.25, -0.2) is 0 Å². The molecule has 1 heteroatoms. The Balaban J connectivity index is 0.000000810. The monoisotopic (exact) mass is 169 g/mol. The number of hydrogen-bond acceptors (Lipinski definition) is 0. The zero-order valence-electron chi connectivity index (χ0n) is 6.81. The van der Waals surface area contributed by atoms with Crippen LogP contribution >= 0.6 is 0 Å². The van der Waals surface area contributed by atoms with Crippen LogP contribution in [0.25, 0.3) is 0 Å². The van der Waals surface area contributed by atoms with Crippen LogP contribution in [0, 0.1) is 11.8 Å². The van der Waals surface area contributed by atoms with E-state index in [9.17, 15) is 0 Å². The average molecular weight is 169 g/mol. The molecule has 0 atom stereocenters. The van der Waals surface area contributed by atoms with Crippen LogP contribution in [0.1, 0.15) is 20.8 Å². The molecular weight excluding hydrogens is 156 g/mol. The van der Waals surface area contributed by atoms with E-state index in [0.29, 0.717) is 5.92 Å². The van der Waals surface area contributed by atoms with Crippen molar-refractivity contribution in [2.45, 2.75) is 20.8 Å². The van der Waals surface area contributed by atoms with Crippen molar-refractivity contribution < 1.29 is 21.7 Å². The minimum absolute atomic E-state index is 0. The van der Waals surface area contributed by atoms with Crippen LogP contribution in [-0.2, 0) is 21.7 Å². The second-order valence-electron chi connectivity index (χ2n) is 2.82. The molecule has 0 heterocycles. The fourth-order valence-electron chi connectivity index (χ4n) is 1.17. The Hall–Kier alpha value is 0.194. The van der Waals surface area contributed by atoms with E-state index in [1.807, 2.05) is 0 Å². The van der Waals surface area contributed by atoms with Gasteiger partial charge in [0.15, 0.2) is 0 Å². The first-order valence-electron chi connectivity index (χ1n) is 3.44. The normalized spacial score (nSPS) is 17.4. The molecule has 0 saturated heterocycles. The zero-order valence-corrected chi connectivity index (χ0v) is 8.37. The van der Waals surface area contributed by atoms with Gasteiger partial charge in [-0.15, -0.1) is 0 Å². The molecule has 0 aliphatic heterocycles. The van der Waals surface area contributed by atoms with Gasteiger partial charge in [0.25, 0.3) is 0 Å². The summed E-state index contributed by atoms with van der Waals surface area (Å²) in [7, 11) is 0. The summed E-state index contributed by atoms with van der Waals surface area (Å²) < 4.78 is 0. The number of allylic oxidation sites excluding steroid dienone is 4. The van der Waals surface area contributed by atoms with Crippen molar-refractivity contribution in [3.63, 3.8) is 0 Å². The fraction of sp³-hybridized carbons (Fsp3) is 0.444. The molecule has 1 aliphatic rings. The number of rotatable bonds is 1. The zero-order chi connectivity index (χ0) is 6.85. The van der Waals surface area contributed by atoms with Crippen molar-refractivity contribution in [2.24, 2.45) is 5.92 Å². The quantitative estimate of drug-likeness (QED) is 0.529. The van der Waals surface area contributed by atoms with Gasteiger partial charge in [0, 0.05) is 27.6 Å². The predicted molar refractivity (Wildman–Crippen MR) is 41.0 cm³/mol. The third-order valence-electron chi connectivity index (χ3n) is 1.70. The summed E-state index contributed by atoms with van der Waals surface area (Å²) in [6.45, 7) is 6.61. The Labute approximate surface area is 78.3 Å². The molecule has 0 fully saturated rings. The molecular formula is C9H13Ti. The van der Waals surface area contributed by atoms with E-state index in [1.165, 1.54) is 11.5 Å². The van der Waals surface area contributed by atoms with Crippen molar-refractivity contribution >= 4 is 0 Å². The Morgan fingerprint density at radius 3 is 2.10 bits per heavy atom. The second-order valence-corrected chi connectivity index (χ2v) is 2.82. The van der Waals surface area contributed by atoms with Crippen molar-refractivity contribution in [3.05, 3.63) is 29.7 Å². The smallest absolute Gasteiger partial charge is 0.0197 e. The van der Waals surface area contributed by atoms with Crippen LogP contribution < -0.4 is 0 Å². The first kappa shape index (κ1) is 10.2. The van der Waals surface area contributed by atoms with Gasteiger partial charge in [-0.2, -0.15) is 0 Å². The topological polar surface area (TPSA) is 0 Å². The fourth-order valence-corrected chi connectivity index (χ4v) is 1.17. The SMILES string of the molecule is C[C]1C=CC=C1C(C)C.[Ti]. The Morgan fingerprint density at radius 2 is 1.90 bits per heavy atom. The summed E-state index contributed by atoms with van der Waals surface area (Å²) in [5.74, 6) is 2.10. The standard InChI is InChI=1S/C9H13.Ti/c1-7(2)9-6-4-5-8(9)3;/h4-7H,1-3H3;. The minimum Gasteiger partial charge on any atom is -0.0734 e. The van der Waals surface area contributed by atoms with Crippen LogP contribution in [0.15, 0.2) is 23.8 Å². The molecule has 1 radical (unpaired) electrons. The Kier molecular flexibility index (Phi) is 4.23. The molecule has 0 unspecified atom stereocenters. The summed E-state index contributed by atoms with van der Waals surface area (Å²) in [5.41, 5.74) is 1.48. The number of hydrogen-bond donors (Lipinski definition) is 0. The minimum atomic E-state index is 0. The van der Waals surface area contributed by atoms with Crippen LogP contribution in [-0.4, -0.2) is 0 Å². The van der Waals surface area contributed by atoms with E-state index < -0.39 is 0 Å². The molecule has 53 valence electrons. The molecule has 0 bridgehead atoms. The predicted octanol–water partition coefficient (Wildman–Crippen LogP) is 2.73. The first-order chi connectivity index (χ1) is 4.22. The van der Waals surface area contributed by atoms with Crippen LogP contribution in [0.2, 0.25) is 0 Å². The summed E-state index contributed by atoms with van der Waals surface area (Å²) >= 11 is 0. The van der Waals surface area contributed by atoms with E-state index in [0.717, 1.165) is 0 Å². The largest absolute Gasteiger partial charge is 0.0734 e. The van der Waals surface area contributed by atoms with Crippen molar-refractivity contribution in [2.75, 3.05) is 0 Å². The van der Waals surface area contributed by atoms with Gasteiger partial charge >= 0.3 is 0 Å². The molecule has 0 aromatic carbocycles. The maximum absolute atomic E-state index is 2.22. The van der Waals surface area contributed by atoms with Crippen molar-refractivity contribution in [3.8, 4) is 0 Å². The molecule has 0 amide bonds. The van der Waals surface area contributed by atoms with Crippen LogP contribution in [0.4, 0.5) is 0 Å². The van der Waals surface area contributed by atoms with Crippen molar-refractivity contribution in [1.29, 1.82) is 0 Å². The van der Waals surface area contributed by atoms with Crippen LogP contribution in [0.5, 0.6) is 0 Å². The van der Waals surface area contributed by atoms with Gasteiger partial charge in [-0.05, 0) is 5.92 Å². The van der Waals surface area contributed by atoms with Gasteiger partial charge < -0.3 is 0 Å². The van der Waals surface area contributed by atoms with Gasteiger partial charge in [0.1, 0.15) is 0 Å². The molecule has 0 spiro atoms. The molecule has 0 nitrogen and oxygen atoms in total. The summed E-state index contributed by atoms with van der Waals surface area (Å²) in [6, 6.07) is 0. The molecule has 1 rings (SSSR count). The van der Waals surface area contributed by atoms with Gasteiger partial charge in [-0.3, -0.25) is 0 Å². The van der Waals surface area contributed by atoms with Gasteiger partial charge in [0.05, 0.1) is 0 Å². The molecule has 0 aromatic rings. The van der Waals surface area contributed by atoms with E-state index >= 15 is 0 Å². The average Bonchev–Trinajstić information content (AvgIpc) is 2.13. The van der Waals surface area contributed by atoms with E-state index in [4.69, 9.17) is 0 Å². The summed E-state index contributed by atoms with van der Waals surface area (Å²) in [4.78, 5) is 0. The Morgan fingerprint density at radius 1 is 1.30 bits per heavy atom. The molecule has 0 saturated carbocycles. The maximum atomic E-state index is 2.22. The third-order valence-corrected chi connectivity index (χ3v) is 1.70. The third kappa shape index (κ3) is 2.11. The summed E-state index contributed by atoms with van der Waals surface area (Å²) in [6.07, 6.45) is 6.47. The van der Waals surface area contributed by atoms with Gasteiger partial charge in [-0.1, -0.05) is 44.6 Å². The van der Waals surface area contributed by atoms with Gasteiger partial charge in [0.2, 0.25) is 0 Å². The molecule has 1 aliphatic carbocycles.